The second-order valence-electron chi connectivity index (χ2n) is 6.59. The molecule has 1 aromatic carbocycles. The average molecular weight is 442 g/mol. The maximum absolute atomic E-state index is 13.3. The molecule has 0 saturated carbocycles. The molecule has 4 rings (SSSR count). The maximum atomic E-state index is 13.3. The summed E-state index contributed by atoms with van der Waals surface area (Å²) in [7, 11) is 1.22. The molecule has 1 fully saturated rings. The van der Waals surface area contributed by atoms with E-state index in [9.17, 15) is 23.9 Å². The molecule has 0 spiro atoms. The van der Waals surface area contributed by atoms with Crippen molar-refractivity contribution in [3.8, 4) is 0 Å². The van der Waals surface area contributed by atoms with Crippen molar-refractivity contribution in [1.82, 2.24) is 4.98 Å². The van der Waals surface area contributed by atoms with E-state index in [1.807, 2.05) is 0 Å². The van der Waals surface area contributed by atoms with Gasteiger partial charge in [0.2, 0.25) is 0 Å². The Labute approximate surface area is 179 Å². The van der Waals surface area contributed by atoms with E-state index < -0.39 is 35.3 Å². The van der Waals surface area contributed by atoms with Crippen molar-refractivity contribution in [2.75, 3.05) is 12.0 Å². The fraction of sp³-hybridized carbons (Fsp3) is 0.143. The van der Waals surface area contributed by atoms with Gasteiger partial charge in [0.05, 0.1) is 24.6 Å². The first-order chi connectivity index (χ1) is 14.8. The number of esters is 1. The van der Waals surface area contributed by atoms with Gasteiger partial charge < -0.3 is 14.3 Å². The first-order valence-electron chi connectivity index (χ1n) is 8.99. The molecule has 158 valence electrons. The van der Waals surface area contributed by atoms with E-state index in [2.05, 4.69) is 4.98 Å². The van der Waals surface area contributed by atoms with Gasteiger partial charge in [-0.1, -0.05) is 11.3 Å². The number of nitrogens with zero attached hydrogens (tertiary/aromatic N) is 2. The van der Waals surface area contributed by atoms with Crippen LogP contribution in [0.15, 0.2) is 52.7 Å². The lowest BCUT2D eigenvalue weighted by atomic mass is 9.99. The zero-order valence-electron chi connectivity index (χ0n) is 16.3. The van der Waals surface area contributed by atoms with E-state index in [1.165, 1.54) is 25.5 Å². The number of benzene rings is 1. The van der Waals surface area contributed by atoms with E-state index >= 15 is 0 Å². The van der Waals surface area contributed by atoms with Crippen molar-refractivity contribution >= 4 is 39.9 Å². The molecule has 1 N–H and O–H groups in total. The third kappa shape index (κ3) is 3.40. The number of Topliss-reactive ketones (excluding diaryl/α,β-unsaturated/α-hetero) is 1. The minimum Gasteiger partial charge on any atom is -0.507 e. The van der Waals surface area contributed by atoms with E-state index in [-0.39, 0.29) is 26.9 Å². The van der Waals surface area contributed by atoms with Gasteiger partial charge in [-0.2, -0.15) is 0 Å². The molecule has 0 radical (unpaired) electrons. The predicted octanol–water partition coefficient (Wildman–Crippen LogP) is 3.60. The summed E-state index contributed by atoms with van der Waals surface area (Å²) >= 11 is 0.880. The summed E-state index contributed by atoms with van der Waals surface area (Å²) < 4.78 is 23.5. The molecule has 1 aliphatic rings. The number of anilines is 1. The monoisotopic (exact) mass is 442 g/mol. The highest BCUT2D eigenvalue weighted by molar-refractivity contribution is 7.17. The van der Waals surface area contributed by atoms with Crippen molar-refractivity contribution in [2.45, 2.75) is 13.0 Å². The SMILES string of the molecule is COC(=O)c1sc(N2C(=O)C(=O)C(=C(O)c3ccc(F)cc3)[C@H]2c2ccco2)nc1C. The van der Waals surface area contributed by atoms with Crippen LogP contribution in [0.25, 0.3) is 5.76 Å². The van der Waals surface area contributed by atoms with E-state index in [4.69, 9.17) is 9.15 Å². The van der Waals surface area contributed by atoms with Gasteiger partial charge >= 0.3 is 11.9 Å². The van der Waals surface area contributed by atoms with E-state index in [0.29, 0.717) is 5.69 Å². The molecule has 31 heavy (non-hydrogen) atoms. The van der Waals surface area contributed by atoms with Gasteiger partial charge in [0, 0.05) is 5.56 Å². The van der Waals surface area contributed by atoms with Crippen molar-refractivity contribution in [2.24, 2.45) is 0 Å². The summed E-state index contributed by atoms with van der Waals surface area (Å²) in [5.74, 6) is -3.34. The number of aliphatic hydroxyl groups is 1. The molecule has 0 bridgehead atoms. The fourth-order valence-electron chi connectivity index (χ4n) is 3.28. The molecule has 2 aromatic heterocycles. The van der Waals surface area contributed by atoms with Gasteiger partial charge in [0.25, 0.3) is 5.78 Å². The minimum atomic E-state index is -1.13. The summed E-state index contributed by atoms with van der Waals surface area (Å²) in [6.45, 7) is 1.57. The number of hydrogen-bond acceptors (Lipinski definition) is 8. The van der Waals surface area contributed by atoms with Crippen LogP contribution in [0.1, 0.15) is 32.7 Å². The first kappa shape index (κ1) is 20.5. The van der Waals surface area contributed by atoms with Crippen LogP contribution in [0.4, 0.5) is 9.52 Å². The summed E-state index contributed by atoms with van der Waals surface area (Å²) in [5, 5.41) is 10.9. The lowest BCUT2D eigenvalue weighted by Crippen LogP contribution is -2.29. The summed E-state index contributed by atoms with van der Waals surface area (Å²) in [4.78, 5) is 43.4. The lowest BCUT2D eigenvalue weighted by Gasteiger charge is -2.20. The Morgan fingerprint density at radius 1 is 1.26 bits per heavy atom. The smallest absolute Gasteiger partial charge is 0.350 e. The molecule has 0 unspecified atom stereocenters. The third-order valence-corrected chi connectivity index (χ3v) is 5.87. The van der Waals surface area contributed by atoms with Crippen molar-refractivity contribution in [3.05, 3.63) is 75.9 Å². The summed E-state index contributed by atoms with van der Waals surface area (Å²) in [5.41, 5.74) is 0.242. The van der Waals surface area contributed by atoms with Gasteiger partial charge in [0.15, 0.2) is 5.13 Å². The number of halogens is 1. The zero-order chi connectivity index (χ0) is 22.3. The molecule has 0 aliphatic carbocycles. The standard InChI is InChI=1S/C21H15FN2O6S/c1-10-18(20(28)29-2)31-21(23-10)24-15(13-4-3-9-30-13)14(17(26)19(24)27)16(25)11-5-7-12(22)8-6-11/h3-9,15,25H,1-2H3/t15-/m1/s1. The number of ketones is 1. The molecule has 1 aliphatic heterocycles. The first-order valence-corrected chi connectivity index (χ1v) is 9.81. The average Bonchev–Trinajstić information content (AvgIpc) is 3.47. The van der Waals surface area contributed by atoms with Crippen molar-refractivity contribution in [3.63, 3.8) is 0 Å². The number of thiazole rings is 1. The van der Waals surface area contributed by atoms with Crippen LogP contribution in [-0.2, 0) is 14.3 Å². The van der Waals surface area contributed by atoms with Gasteiger partial charge in [-0.05, 0) is 43.3 Å². The number of methoxy groups -OCH3 is 1. The summed E-state index contributed by atoms with van der Waals surface area (Å²) in [6.07, 6.45) is 1.36. The van der Waals surface area contributed by atoms with Gasteiger partial charge in [0.1, 0.15) is 28.3 Å². The highest BCUT2D eigenvalue weighted by Crippen LogP contribution is 2.44. The third-order valence-electron chi connectivity index (χ3n) is 4.74. The van der Waals surface area contributed by atoms with E-state index in [0.717, 1.165) is 28.4 Å². The molecular weight excluding hydrogens is 427 g/mol. The zero-order valence-corrected chi connectivity index (χ0v) is 17.1. The number of carbonyl (C=O) groups excluding carboxylic acids is 3. The topological polar surface area (TPSA) is 110 Å². The van der Waals surface area contributed by atoms with Crippen LogP contribution in [-0.4, -0.2) is 34.9 Å². The number of aliphatic hydroxyl groups excluding tert-OH is 1. The minimum absolute atomic E-state index is 0.0690. The Balaban J connectivity index is 1.90. The fourth-order valence-corrected chi connectivity index (χ4v) is 4.29. The van der Waals surface area contributed by atoms with Crippen LogP contribution in [0.5, 0.6) is 0 Å². The Morgan fingerprint density at radius 3 is 2.58 bits per heavy atom. The molecular formula is C21H15FN2O6S. The number of aryl methyl sites for hydroxylation is 1. The molecule has 8 nitrogen and oxygen atoms in total. The number of aromatic nitrogens is 1. The highest BCUT2D eigenvalue weighted by atomic mass is 32.1. The molecule has 1 amide bonds. The van der Waals surface area contributed by atoms with Crippen molar-refractivity contribution < 1.29 is 33.0 Å². The normalized spacial score (nSPS) is 17.9. The van der Waals surface area contributed by atoms with Crippen LogP contribution in [0.3, 0.4) is 0 Å². The Kier molecular flexibility index (Phi) is 5.15. The maximum Gasteiger partial charge on any atom is 0.350 e. The molecule has 10 heteroatoms. The molecule has 3 heterocycles. The second-order valence-corrected chi connectivity index (χ2v) is 7.57. The Bertz CT molecular complexity index is 1210. The van der Waals surface area contributed by atoms with Crippen LogP contribution in [0, 0.1) is 12.7 Å². The van der Waals surface area contributed by atoms with Crippen LogP contribution < -0.4 is 4.90 Å². The number of hydrogen-bond donors (Lipinski definition) is 1. The number of furan rings is 1. The number of rotatable bonds is 4. The van der Waals surface area contributed by atoms with Gasteiger partial charge in [-0.25, -0.2) is 14.2 Å². The van der Waals surface area contributed by atoms with Gasteiger partial charge in [-0.3, -0.25) is 14.5 Å². The Morgan fingerprint density at radius 2 is 1.97 bits per heavy atom. The number of carbonyl (C=O) groups is 3. The number of amides is 1. The van der Waals surface area contributed by atoms with Crippen molar-refractivity contribution in [1.29, 1.82) is 0 Å². The van der Waals surface area contributed by atoms with Crippen LogP contribution in [0.2, 0.25) is 0 Å². The summed E-state index contributed by atoms with van der Waals surface area (Å²) in [6, 6.07) is 6.82. The van der Waals surface area contributed by atoms with E-state index in [1.54, 1.807) is 19.1 Å². The Hall–Kier alpha value is -3.79. The largest absolute Gasteiger partial charge is 0.507 e. The highest BCUT2D eigenvalue weighted by Gasteiger charge is 2.49. The number of ether oxygens (including phenoxy) is 1. The molecule has 1 saturated heterocycles. The molecule has 3 aromatic rings. The van der Waals surface area contributed by atoms with Gasteiger partial charge in [-0.15, -0.1) is 0 Å². The predicted molar refractivity (Wildman–Crippen MR) is 108 cm³/mol. The quantitative estimate of drug-likeness (QED) is 0.285. The lowest BCUT2D eigenvalue weighted by molar-refractivity contribution is -0.132. The second kappa shape index (κ2) is 7.80. The van der Waals surface area contributed by atoms with Crippen LogP contribution >= 0.6 is 11.3 Å². The molecule has 1 atom stereocenters.